The Morgan fingerprint density at radius 3 is 1.73 bits per heavy atom. The summed E-state index contributed by atoms with van der Waals surface area (Å²) in [6.07, 6.45) is 1.75. The first-order valence-corrected chi connectivity index (χ1v) is 8.06. The standard InChI is InChI=1S/C15H27N3O4/c1-16(12-14(19)17-4-2-8-21-10-6-17)13-15(20)18-5-3-9-22-11-7-18/h2-13H2,1H3. The van der Waals surface area contributed by atoms with Crippen LogP contribution in [-0.2, 0) is 19.1 Å². The summed E-state index contributed by atoms with van der Waals surface area (Å²) in [4.78, 5) is 30.0. The minimum atomic E-state index is 0.0694. The van der Waals surface area contributed by atoms with Crippen LogP contribution in [0, 0.1) is 0 Å². The number of nitrogens with zero attached hydrogens (tertiary/aromatic N) is 3. The van der Waals surface area contributed by atoms with Crippen molar-refractivity contribution in [3.8, 4) is 0 Å². The average Bonchev–Trinajstić information content (AvgIpc) is 2.92. The van der Waals surface area contributed by atoms with Crippen molar-refractivity contribution in [1.29, 1.82) is 0 Å². The first-order chi connectivity index (χ1) is 10.7. The maximum Gasteiger partial charge on any atom is 0.236 e. The van der Waals surface area contributed by atoms with Gasteiger partial charge in [-0.2, -0.15) is 0 Å². The van der Waals surface area contributed by atoms with Crippen LogP contribution in [-0.4, -0.2) is 99.3 Å². The Balaban J connectivity index is 1.74. The van der Waals surface area contributed by atoms with Crippen molar-refractivity contribution in [2.24, 2.45) is 0 Å². The van der Waals surface area contributed by atoms with E-state index >= 15 is 0 Å². The van der Waals surface area contributed by atoms with Crippen molar-refractivity contribution in [1.82, 2.24) is 14.7 Å². The van der Waals surface area contributed by atoms with Gasteiger partial charge in [-0.1, -0.05) is 0 Å². The second-order valence-corrected chi connectivity index (χ2v) is 5.87. The lowest BCUT2D eigenvalue weighted by Crippen LogP contribution is -2.45. The molecule has 0 atom stereocenters. The number of carbonyl (C=O) groups is 2. The highest BCUT2D eigenvalue weighted by Crippen LogP contribution is 2.03. The Bertz CT molecular complexity index is 328. The molecule has 7 nitrogen and oxygen atoms in total. The van der Waals surface area contributed by atoms with Crippen LogP contribution in [0.1, 0.15) is 12.8 Å². The van der Waals surface area contributed by atoms with E-state index in [2.05, 4.69) is 0 Å². The summed E-state index contributed by atoms with van der Waals surface area (Å²) in [5.74, 6) is 0.139. The Morgan fingerprint density at radius 2 is 1.27 bits per heavy atom. The summed E-state index contributed by atoms with van der Waals surface area (Å²) >= 11 is 0. The number of carbonyl (C=O) groups excluding carboxylic acids is 2. The van der Waals surface area contributed by atoms with Crippen LogP contribution < -0.4 is 0 Å². The fraction of sp³-hybridized carbons (Fsp3) is 0.867. The Morgan fingerprint density at radius 1 is 0.818 bits per heavy atom. The van der Waals surface area contributed by atoms with Gasteiger partial charge in [-0.15, -0.1) is 0 Å². The quantitative estimate of drug-likeness (QED) is 0.695. The molecule has 0 aromatic heterocycles. The molecule has 0 N–H and O–H groups in total. The summed E-state index contributed by atoms with van der Waals surface area (Å²) in [6, 6.07) is 0. The molecule has 2 amide bonds. The maximum atomic E-state index is 12.3. The van der Waals surface area contributed by atoms with Crippen LogP contribution in [0.25, 0.3) is 0 Å². The summed E-state index contributed by atoms with van der Waals surface area (Å²) in [5.41, 5.74) is 0. The molecule has 2 rings (SSSR count). The van der Waals surface area contributed by atoms with Gasteiger partial charge < -0.3 is 19.3 Å². The van der Waals surface area contributed by atoms with Crippen LogP contribution in [0.15, 0.2) is 0 Å². The van der Waals surface area contributed by atoms with Crippen LogP contribution in [0.5, 0.6) is 0 Å². The van der Waals surface area contributed by atoms with Gasteiger partial charge in [0.1, 0.15) is 0 Å². The number of hydrogen-bond donors (Lipinski definition) is 0. The number of ether oxygens (including phenoxy) is 2. The molecule has 2 aliphatic rings. The van der Waals surface area contributed by atoms with E-state index in [0.717, 1.165) is 39.1 Å². The summed E-state index contributed by atoms with van der Waals surface area (Å²) < 4.78 is 10.7. The third-order valence-electron chi connectivity index (χ3n) is 3.96. The summed E-state index contributed by atoms with van der Waals surface area (Å²) in [7, 11) is 1.82. The molecule has 0 unspecified atom stereocenters. The van der Waals surface area contributed by atoms with Crippen molar-refractivity contribution >= 4 is 11.8 Å². The van der Waals surface area contributed by atoms with Crippen molar-refractivity contribution in [3.05, 3.63) is 0 Å². The fourth-order valence-electron chi connectivity index (χ4n) is 2.71. The predicted octanol–water partition coefficient (Wildman–Crippen LogP) is -0.584. The van der Waals surface area contributed by atoms with E-state index in [1.54, 1.807) is 4.90 Å². The first kappa shape index (κ1) is 17.2. The third kappa shape index (κ3) is 5.55. The van der Waals surface area contributed by atoms with Crippen molar-refractivity contribution in [3.63, 3.8) is 0 Å². The second-order valence-electron chi connectivity index (χ2n) is 5.87. The molecule has 7 heteroatoms. The van der Waals surface area contributed by atoms with Crippen molar-refractivity contribution in [2.45, 2.75) is 12.8 Å². The van der Waals surface area contributed by atoms with E-state index in [-0.39, 0.29) is 24.9 Å². The monoisotopic (exact) mass is 313 g/mol. The zero-order valence-electron chi connectivity index (χ0n) is 13.5. The molecule has 0 aromatic rings. The zero-order valence-corrected chi connectivity index (χ0v) is 13.5. The van der Waals surface area contributed by atoms with Crippen LogP contribution >= 0.6 is 0 Å². The lowest BCUT2D eigenvalue weighted by molar-refractivity contribution is -0.135. The van der Waals surface area contributed by atoms with E-state index < -0.39 is 0 Å². The minimum Gasteiger partial charge on any atom is -0.380 e. The van der Waals surface area contributed by atoms with Gasteiger partial charge in [0.2, 0.25) is 11.8 Å². The molecule has 2 heterocycles. The van der Waals surface area contributed by atoms with Crippen molar-refractivity contribution < 1.29 is 19.1 Å². The second kappa shape index (κ2) is 9.07. The molecule has 2 aliphatic heterocycles. The third-order valence-corrected chi connectivity index (χ3v) is 3.96. The first-order valence-electron chi connectivity index (χ1n) is 8.06. The van der Waals surface area contributed by atoms with E-state index in [1.807, 2.05) is 16.8 Å². The molecule has 0 spiro atoms. The molecule has 0 aliphatic carbocycles. The molecular weight excluding hydrogens is 286 g/mol. The molecule has 2 saturated heterocycles. The highest BCUT2D eigenvalue weighted by atomic mass is 16.5. The lowest BCUT2D eigenvalue weighted by atomic mass is 10.3. The van der Waals surface area contributed by atoms with E-state index in [4.69, 9.17) is 9.47 Å². The SMILES string of the molecule is CN(CC(=O)N1CCCOCC1)CC(=O)N1CCCOCC1. The number of rotatable bonds is 4. The van der Waals surface area contributed by atoms with Crippen LogP contribution in [0.3, 0.4) is 0 Å². The molecule has 126 valence electrons. The number of amides is 2. The molecule has 0 radical (unpaired) electrons. The topological polar surface area (TPSA) is 62.3 Å². The minimum absolute atomic E-state index is 0.0694. The van der Waals surface area contributed by atoms with Crippen molar-refractivity contribution in [2.75, 3.05) is 72.7 Å². The molecule has 0 aromatic carbocycles. The summed E-state index contributed by atoms with van der Waals surface area (Å²) in [6.45, 7) is 5.95. The smallest absolute Gasteiger partial charge is 0.236 e. The van der Waals surface area contributed by atoms with E-state index in [9.17, 15) is 9.59 Å². The number of hydrogen-bond acceptors (Lipinski definition) is 5. The van der Waals surface area contributed by atoms with Gasteiger partial charge >= 0.3 is 0 Å². The molecule has 0 bridgehead atoms. The highest BCUT2D eigenvalue weighted by molar-refractivity contribution is 5.81. The maximum absolute atomic E-state index is 12.3. The number of likely N-dealkylation sites (N-methyl/N-ethyl adjacent to an activating group) is 1. The largest absolute Gasteiger partial charge is 0.380 e. The predicted molar refractivity (Wildman–Crippen MR) is 81.5 cm³/mol. The molecular formula is C15H27N3O4. The van der Waals surface area contributed by atoms with Gasteiger partial charge in [-0.3, -0.25) is 14.5 Å². The van der Waals surface area contributed by atoms with Crippen LogP contribution in [0.2, 0.25) is 0 Å². The van der Waals surface area contributed by atoms with Crippen LogP contribution in [0.4, 0.5) is 0 Å². The Labute approximate surface area is 132 Å². The Hall–Kier alpha value is -1.18. The molecule has 0 saturated carbocycles. The fourth-order valence-corrected chi connectivity index (χ4v) is 2.71. The van der Waals surface area contributed by atoms with E-state index in [1.165, 1.54) is 0 Å². The Kier molecular flexibility index (Phi) is 7.08. The summed E-state index contributed by atoms with van der Waals surface area (Å²) in [5, 5.41) is 0. The van der Waals surface area contributed by atoms with Gasteiger partial charge in [-0.05, 0) is 19.9 Å². The zero-order chi connectivity index (χ0) is 15.8. The highest BCUT2D eigenvalue weighted by Gasteiger charge is 2.21. The average molecular weight is 313 g/mol. The van der Waals surface area contributed by atoms with Gasteiger partial charge in [0, 0.05) is 39.4 Å². The van der Waals surface area contributed by atoms with Gasteiger partial charge in [0.25, 0.3) is 0 Å². The normalized spacial score (nSPS) is 20.6. The molecule has 2 fully saturated rings. The molecule has 22 heavy (non-hydrogen) atoms. The van der Waals surface area contributed by atoms with Gasteiger partial charge in [-0.25, -0.2) is 0 Å². The van der Waals surface area contributed by atoms with E-state index in [0.29, 0.717) is 26.3 Å². The van der Waals surface area contributed by atoms with Gasteiger partial charge in [0.15, 0.2) is 0 Å². The lowest BCUT2D eigenvalue weighted by Gasteiger charge is -2.26. The van der Waals surface area contributed by atoms with Gasteiger partial charge in [0.05, 0.1) is 26.3 Å².